The molecule has 1 saturated carbocycles. The average molecular weight is 404 g/mol. The van der Waals surface area contributed by atoms with Gasteiger partial charge in [0.2, 0.25) is 5.91 Å². The fourth-order valence-corrected chi connectivity index (χ4v) is 4.15. The van der Waals surface area contributed by atoms with Gasteiger partial charge >= 0.3 is 0 Å². The SMILES string of the molecule is Nc1cc(Br)c(NC(=O)CC2CCCCCC2)c(Br)c1. The molecule has 1 aliphatic rings. The Hall–Kier alpha value is -0.550. The summed E-state index contributed by atoms with van der Waals surface area (Å²) in [5.41, 5.74) is 7.17. The summed E-state index contributed by atoms with van der Waals surface area (Å²) in [6.45, 7) is 0. The molecule has 1 amide bonds. The third-order valence-corrected chi connectivity index (χ3v) is 5.03. The van der Waals surface area contributed by atoms with E-state index < -0.39 is 0 Å². The first-order valence-corrected chi connectivity index (χ1v) is 8.69. The van der Waals surface area contributed by atoms with Crippen LogP contribution in [-0.2, 0) is 4.79 Å². The summed E-state index contributed by atoms with van der Waals surface area (Å²) in [4.78, 5) is 12.2. The van der Waals surface area contributed by atoms with Gasteiger partial charge in [-0.25, -0.2) is 0 Å². The highest BCUT2D eigenvalue weighted by atomic mass is 79.9. The van der Waals surface area contributed by atoms with Gasteiger partial charge < -0.3 is 11.1 Å². The van der Waals surface area contributed by atoms with Crippen molar-refractivity contribution in [3.05, 3.63) is 21.1 Å². The van der Waals surface area contributed by atoms with E-state index in [0.717, 1.165) is 14.6 Å². The first-order valence-electron chi connectivity index (χ1n) is 7.10. The number of carbonyl (C=O) groups is 1. The minimum Gasteiger partial charge on any atom is -0.399 e. The Morgan fingerprint density at radius 2 is 1.70 bits per heavy atom. The molecule has 3 N–H and O–H groups in total. The van der Waals surface area contributed by atoms with Crippen LogP contribution in [0.1, 0.15) is 44.9 Å². The lowest BCUT2D eigenvalue weighted by atomic mass is 9.96. The second-order valence-electron chi connectivity index (χ2n) is 5.47. The molecular weight excluding hydrogens is 384 g/mol. The van der Waals surface area contributed by atoms with Gasteiger partial charge in [-0.15, -0.1) is 0 Å². The first-order chi connectivity index (χ1) is 9.56. The van der Waals surface area contributed by atoms with Crippen molar-refractivity contribution >= 4 is 49.1 Å². The van der Waals surface area contributed by atoms with Gasteiger partial charge in [0.05, 0.1) is 5.69 Å². The van der Waals surface area contributed by atoms with E-state index in [1.807, 2.05) is 0 Å². The molecule has 0 saturated heterocycles. The normalized spacial score (nSPS) is 16.7. The van der Waals surface area contributed by atoms with Crippen LogP contribution in [0.4, 0.5) is 11.4 Å². The maximum atomic E-state index is 12.2. The van der Waals surface area contributed by atoms with Gasteiger partial charge in [-0.05, 0) is 62.8 Å². The number of carbonyl (C=O) groups excluding carboxylic acids is 1. The molecule has 0 aliphatic heterocycles. The summed E-state index contributed by atoms with van der Waals surface area (Å²) in [5, 5.41) is 2.99. The second kappa shape index (κ2) is 7.46. The molecule has 0 unspecified atom stereocenters. The third-order valence-electron chi connectivity index (χ3n) is 3.78. The minimum absolute atomic E-state index is 0.0862. The highest BCUT2D eigenvalue weighted by Gasteiger charge is 2.17. The van der Waals surface area contributed by atoms with Crippen molar-refractivity contribution < 1.29 is 4.79 Å². The Labute approximate surface area is 136 Å². The molecule has 2 rings (SSSR count). The zero-order valence-corrected chi connectivity index (χ0v) is 14.6. The highest BCUT2D eigenvalue weighted by molar-refractivity contribution is 9.11. The van der Waals surface area contributed by atoms with Gasteiger partial charge in [0, 0.05) is 21.1 Å². The molecule has 1 aromatic carbocycles. The molecule has 5 heteroatoms. The summed E-state index contributed by atoms with van der Waals surface area (Å²) in [6, 6.07) is 3.60. The molecule has 0 atom stereocenters. The van der Waals surface area contributed by atoms with Gasteiger partial charge in [-0.1, -0.05) is 25.7 Å². The Balaban J connectivity index is 1.97. The Bertz CT molecular complexity index is 460. The van der Waals surface area contributed by atoms with Crippen molar-refractivity contribution in [1.82, 2.24) is 0 Å². The van der Waals surface area contributed by atoms with E-state index in [0.29, 0.717) is 18.0 Å². The molecular formula is C15H20Br2N2O. The fraction of sp³-hybridized carbons (Fsp3) is 0.533. The quantitative estimate of drug-likeness (QED) is 0.545. The number of halogens is 2. The number of nitrogens with two attached hydrogens (primary N) is 1. The molecule has 20 heavy (non-hydrogen) atoms. The van der Waals surface area contributed by atoms with Crippen molar-refractivity contribution in [1.29, 1.82) is 0 Å². The third kappa shape index (κ3) is 4.48. The summed E-state index contributed by atoms with van der Waals surface area (Å²) >= 11 is 6.88. The number of rotatable bonds is 3. The van der Waals surface area contributed by atoms with E-state index >= 15 is 0 Å². The van der Waals surface area contributed by atoms with Crippen LogP contribution in [-0.4, -0.2) is 5.91 Å². The van der Waals surface area contributed by atoms with Crippen LogP contribution in [0.5, 0.6) is 0 Å². The van der Waals surface area contributed by atoms with Crippen LogP contribution in [0.2, 0.25) is 0 Å². The van der Waals surface area contributed by atoms with E-state index in [1.165, 1.54) is 38.5 Å². The van der Waals surface area contributed by atoms with Gasteiger partial charge in [0.25, 0.3) is 0 Å². The number of hydrogen-bond donors (Lipinski definition) is 2. The predicted octanol–water partition coefficient (Wildman–Crippen LogP) is 5.09. The molecule has 1 aromatic rings. The van der Waals surface area contributed by atoms with E-state index in [4.69, 9.17) is 5.73 Å². The smallest absolute Gasteiger partial charge is 0.224 e. The van der Waals surface area contributed by atoms with Gasteiger partial charge in [-0.2, -0.15) is 0 Å². The highest BCUT2D eigenvalue weighted by Crippen LogP contribution is 2.34. The minimum atomic E-state index is 0.0862. The first kappa shape index (κ1) is 15.8. The van der Waals surface area contributed by atoms with Crippen molar-refractivity contribution in [2.45, 2.75) is 44.9 Å². The van der Waals surface area contributed by atoms with Crippen molar-refractivity contribution in [3.63, 3.8) is 0 Å². The second-order valence-corrected chi connectivity index (χ2v) is 7.18. The van der Waals surface area contributed by atoms with Crippen molar-refractivity contribution in [2.24, 2.45) is 5.92 Å². The Morgan fingerprint density at radius 1 is 1.15 bits per heavy atom. The van der Waals surface area contributed by atoms with Gasteiger partial charge in [-0.3, -0.25) is 4.79 Å². The van der Waals surface area contributed by atoms with Crippen LogP contribution < -0.4 is 11.1 Å². The van der Waals surface area contributed by atoms with Gasteiger partial charge in [0.1, 0.15) is 0 Å². The van der Waals surface area contributed by atoms with E-state index in [1.54, 1.807) is 12.1 Å². The van der Waals surface area contributed by atoms with Crippen molar-refractivity contribution in [3.8, 4) is 0 Å². The number of benzene rings is 1. The number of anilines is 2. The zero-order valence-electron chi connectivity index (χ0n) is 11.4. The molecule has 0 heterocycles. The summed E-state index contributed by atoms with van der Waals surface area (Å²) in [7, 11) is 0. The Morgan fingerprint density at radius 3 is 2.25 bits per heavy atom. The van der Waals surface area contributed by atoms with E-state index in [9.17, 15) is 4.79 Å². The van der Waals surface area contributed by atoms with E-state index in [2.05, 4.69) is 37.2 Å². The topological polar surface area (TPSA) is 55.1 Å². The van der Waals surface area contributed by atoms with Crippen LogP contribution >= 0.6 is 31.9 Å². The molecule has 3 nitrogen and oxygen atoms in total. The lowest BCUT2D eigenvalue weighted by molar-refractivity contribution is -0.117. The number of amides is 1. The molecule has 1 aliphatic carbocycles. The van der Waals surface area contributed by atoms with Crippen LogP contribution in [0, 0.1) is 5.92 Å². The van der Waals surface area contributed by atoms with Crippen molar-refractivity contribution in [2.75, 3.05) is 11.1 Å². The maximum Gasteiger partial charge on any atom is 0.224 e. The number of nitrogen functional groups attached to an aromatic ring is 1. The van der Waals surface area contributed by atoms with Crippen LogP contribution in [0.3, 0.4) is 0 Å². The molecule has 110 valence electrons. The zero-order chi connectivity index (χ0) is 14.5. The van der Waals surface area contributed by atoms with Crippen LogP contribution in [0.25, 0.3) is 0 Å². The van der Waals surface area contributed by atoms with E-state index in [-0.39, 0.29) is 5.91 Å². The molecule has 0 aromatic heterocycles. The number of hydrogen-bond acceptors (Lipinski definition) is 2. The molecule has 0 radical (unpaired) electrons. The predicted molar refractivity (Wildman–Crippen MR) is 90.7 cm³/mol. The monoisotopic (exact) mass is 402 g/mol. The number of nitrogens with one attached hydrogen (secondary N) is 1. The molecule has 0 spiro atoms. The van der Waals surface area contributed by atoms with Crippen LogP contribution in [0.15, 0.2) is 21.1 Å². The maximum absolute atomic E-state index is 12.2. The Kier molecular flexibility index (Phi) is 5.90. The summed E-state index contributed by atoms with van der Waals surface area (Å²) in [5.74, 6) is 0.618. The van der Waals surface area contributed by atoms with Gasteiger partial charge in [0.15, 0.2) is 0 Å². The lowest BCUT2D eigenvalue weighted by Crippen LogP contribution is -2.17. The average Bonchev–Trinajstić information content (AvgIpc) is 2.62. The lowest BCUT2D eigenvalue weighted by Gasteiger charge is -2.15. The largest absolute Gasteiger partial charge is 0.399 e. The molecule has 1 fully saturated rings. The summed E-state index contributed by atoms with van der Waals surface area (Å²) in [6.07, 6.45) is 8.11. The summed E-state index contributed by atoms with van der Waals surface area (Å²) < 4.78 is 1.61. The fourth-order valence-electron chi connectivity index (χ4n) is 2.73. The standard InChI is InChI=1S/C15H20Br2N2O/c16-12-8-11(18)9-13(17)15(12)19-14(20)7-10-5-3-1-2-4-6-10/h8-10H,1-7,18H2,(H,19,20). The molecule has 0 bridgehead atoms.